The fourth-order valence-electron chi connectivity index (χ4n) is 3.35. The average Bonchev–Trinajstić information content (AvgIpc) is 2.67. The van der Waals surface area contributed by atoms with Crippen molar-refractivity contribution in [2.24, 2.45) is 11.7 Å². The highest BCUT2D eigenvalue weighted by Crippen LogP contribution is 2.28. The normalized spacial score (nSPS) is 15.4. The molecule has 2 rings (SSSR count). The Balaban J connectivity index is 1.94. The van der Waals surface area contributed by atoms with Crippen LogP contribution >= 0.6 is 0 Å². The van der Waals surface area contributed by atoms with Crippen LogP contribution < -0.4 is 15.2 Å². The molecule has 1 aromatic carbocycles. The number of carbonyl (C=O) groups excluding carboxylic acids is 2. The summed E-state index contributed by atoms with van der Waals surface area (Å²) >= 11 is 0. The van der Waals surface area contributed by atoms with Crippen molar-refractivity contribution in [3.05, 3.63) is 23.8 Å². The van der Waals surface area contributed by atoms with Crippen molar-refractivity contribution >= 4 is 11.8 Å². The van der Waals surface area contributed by atoms with Gasteiger partial charge in [-0.25, -0.2) is 0 Å². The van der Waals surface area contributed by atoms with Gasteiger partial charge in [-0.2, -0.15) is 0 Å². The van der Waals surface area contributed by atoms with Gasteiger partial charge in [-0.15, -0.1) is 0 Å². The summed E-state index contributed by atoms with van der Waals surface area (Å²) in [6.07, 6.45) is 1.45. The van der Waals surface area contributed by atoms with Crippen LogP contribution in [0.1, 0.15) is 32.3 Å². The minimum atomic E-state index is -0.236. The van der Waals surface area contributed by atoms with Gasteiger partial charge in [0.05, 0.1) is 20.3 Å². The van der Waals surface area contributed by atoms with Crippen molar-refractivity contribution in [1.82, 2.24) is 9.80 Å². The molecule has 1 heterocycles. The van der Waals surface area contributed by atoms with Gasteiger partial charge in [0, 0.05) is 19.0 Å². The topological polar surface area (TPSA) is 85.1 Å². The van der Waals surface area contributed by atoms with Crippen LogP contribution in [0.3, 0.4) is 0 Å². The van der Waals surface area contributed by atoms with Crippen molar-refractivity contribution in [2.45, 2.75) is 33.2 Å². The van der Waals surface area contributed by atoms with Crippen LogP contribution in [0.15, 0.2) is 18.2 Å². The molecular formula is C20H31N3O4. The first-order valence-electron chi connectivity index (χ1n) is 9.57. The molecule has 0 saturated carbocycles. The summed E-state index contributed by atoms with van der Waals surface area (Å²) in [5, 5.41) is 0. The van der Waals surface area contributed by atoms with E-state index in [0.29, 0.717) is 37.7 Å². The van der Waals surface area contributed by atoms with Gasteiger partial charge in [0.1, 0.15) is 0 Å². The second kappa shape index (κ2) is 10.2. The van der Waals surface area contributed by atoms with Crippen molar-refractivity contribution in [3.63, 3.8) is 0 Å². The molecule has 0 spiro atoms. The molecular weight excluding hydrogens is 346 g/mol. The molecule has 1 saturated heterocycles. The Morgan fingerprint density at radius 2 is 1.93 bits per heavy atom. The van der Waals surface area contributed by atoms with Crippen LogP contribution in [-0.2, 0) is 16.1 Å². The number of likely N-dealkylation sites (N-methyl/N-ethyl adjacent to an activating group) is 1. The number of carbonyl (C=O) groups is 2. The summed E-state index contributed by atoms with van der Waals surface area (Å²) in [7, 11) is 1.61. The quantitative estimate of drug-likeness (QED) is 0.707. The van der Waals surface area contributed by atoms with E-state index in [-0.39, 0.29) is 17.7 Å². The molecule has 2 amide bonds. The Morgan fingerprint density at radius 1 is 1.22 bits per heavy atom. The van der Waals surface area contributed by atoms with E-state index in [4.69, 9.17) is 15.2 Å². The molecule has 0 aromatic heterocycles. The van der Waals surface area contributed by atoms with Crippen molar-refractivity contribution < 1.29 is 19.1 Å². The van der Waals surface area contributed by atoms with Crippen LogP contribution in [0.5, 0.6) is 11.5 Å². The molecule has 0 aliphatic carbocycles. The summed E-state index contributed by atoms with van der Waals surface area (Å²) < 4.78 is 10.9. The molecule has 1 aromatic rings. The largest absolute Gasteiger partial charge is 0.493 e. The zero-order valence-electron chi connectivity index (χ0n) is 16.6. The Morgan fingerprint density at radius 3 is 2.48 bits per heavy atom. The van der Waals surface area contributed by atoms with Crippen molar-refractivity contribution in [3.8, 4) is 11.5 Å². The highest BCUT2D eigenvalue weighted by Gasteiger charge is 2.25. The number of ether oxygens (including phenoxy) is 2. The van der Waals surface area contributed by atoms with E-state index < -0.39 is 0 Å². The molecule has 7 nitrogen and oxygen atoms in total. The number of rotatable bonds is 9. The Bertz CT molecular complexity index is 642. The minimum absolute atomic E-state index is 0.0602. The van der Waals surface area contributed by atoms with Gasteiger partial charge in [-0.1, -0.05) is 6.07 Å². The Hall–Kier alpha value is -2.28. The van der Waals surface area contributed by atoms with Gasteiger partial charge in [0.15, 0.2) is 11.5 Å². The number of piperidine rings is 1. The summed E-state index contributed by atoms with van der Waals surface area (Å²) in [6.45, 7) is 7.46. The molecule has 0 unspecified atom stereocenters. The zero-order valence-corrected chi connectivity index (χ0v) is 16.6. The maximum absolute atomic E-state index is 12.7. The molecule has 1 aliphatic rings. The van der Waals surface area contributed by atoms with E-state index in [0.717, 1.165) is 31.5 Å². The Labute approximate surface area is 161 Å². The molecule has 27 heavy (non-hydrogen) atoms. The van der Waals surface area contributed by atoms with Crippen LogP contribution in [0, 0.1) is 5.92 Å². The number of benzene rings is 1. The maximum atomic E-state index is 12.7. The molecule has 0 radical (unpaired) electrons. The van der Waals surface area contributed by atoms with Gasteiger partial charge in [-0.3, -0.25) is 14.5 Å². The fraction of sp³-hybridized carbons (Fsp3) is 0.600. The van der Waals surface area contributed by atoms with E-state index in [1.54, 1.807) is 7.11 Å². The van der Waals surface area contributed by atoms with Gasteiger partial charge in [-0.05, 0) is 57.5 Å². The van der Waals surface area contributed by atoms with E-state index in [2.05, 4.69) is 4.90 Å². The van der Waals surface area contributed by atoms with Crippen LogP contribution in [0.4, 0.5) is 0 Å². The smallest absolute Gasteiger partial charge is 0.237 e. The predicted molar refractivity (Wildman–Crippen MR) is 104 cm³/mol. The second-order valence-electron chi connectivity index (χ2n) is 6.78. The van der Waals surface area contributed by atoms with E-state index in [1.165, 1.54) is 0 Å². The lowest BCUT2D eigenvalue weighted by Gasteiger charge is -2.32. The third-order valence-electron chi connectivity index (χ3n) is 4.98. The summed E-state index contributed by atoms with van der Waals surface area (Å²) in [6, 6.07) is 5.76. The van der Waals surface area contributed by atoms with Crippen molar-refractivity contribution in [1.29, 1.82) is 0 Å². The fourth-order valence-corrected chi connectivity index (χ4v) is 3.35. The van der Waals surface area contributed by atoms with Crippen molar-refractivity contribution in [2.75, 3.05) is 39.9 Å². The summed E-state index contributed by atoms with van der Waals surface area (Å²) in [4.78, 5) is 27.9. The van der Waals surface area contributed by atoms with Gasteiger partial charge >= 0.3 is 0 Å². The zero-order chi connectivity index (χ0) is 19.8. The number of hydrogen-bond acceptors (Lipinski definition) is 5. The molecule has 0 atom stereocenters. The third-order valence-corrected chi connectivity index (χ3v) is 4.98. The average molecular weight is 377 g/mol. The molecule has 2 N–H and O–H groups in total. The summed E-state index contributed by atoms with van der Waals surface area (Å²) in [5.41, 5.74) is 6.37. The molecule has 150 valence electrons. The maximum Gasteiger partial charge on any atom is 0.237 e. The number of nitrogens with zero attached hydrogens (tertiary/aromatic N) is 2. The number of hydrogen-bond donors (Lipinski definition) is 1. The number of primary amides is 1. The molecule has 1 fully saturated rings. The molecule has 1 aliphatic heterocycles. The predicted octanol–water partition coefficient (Wildman–Crippen LogP) is 1.64. The minimum Gasteiger partial charge on any atom is -0.493 e. The van der Waals surface area contributed by atoms with Gasteiger partial charge in [0.2, 0.25) is 11.8 Å². The molecule has 7 heteroatoms. The standard InChI is InChI=1S/C20H31N3O4/c1-4-23(13-15-6-7-17(27-5-2)18(12-15)26-3)19(24)14-22-10-8-16(9-11-22)20(21)25/h6-7,12,16H,4-5,8-11,13-14H2,1-3H3,(H2,21,25). The lowest BCUT2D eigenvalue weighted by atomic mass is 9.96. The highest BCUT2D eigenvalue weighted by atomic mass is 16.5. The lowest BCUT2D eigenvalue weighted by Crippen LogP contribution is -2.44. The van der Waals surface area contributed by atoms with Gasteiger partial charge in [0.25, 0.3) is 0 Å². The van der Waals surface area contributed by atoms with Crippen LogP contribution in [0.2, 0.25) is 0 Å². The second-order valence-corrected chi connectivity index (χ2v) is 6.78. The van der Waals surface area contributed by atoms with Crippen LogP contribution in [-0.4, -0.2) is 61.5 Å². The first kappa shape index (κ1) is 21.0. The van der Waals surface area contributed by atoms with E-state index in [9.17, 15) is 9.59 Å². The summed E-state index contributed by atoms with van der Waals surface area (Å²) in [5.74, 6) is 1.17. The SMILES string of the molecule is CCOc1ccc(CN(CC)C(=O)CN2CCC(C(N)=O)CC2)cc1OC. The first-order valence-corrected chi connectivity index (χ1v) is 9.57. The van der Waals surface area contributed by atoms with Crippen LogP contribution in [0.25, 0.3) is 0 Å². The Kier molecular flexibility index (Phi) is 7.91. The number of nitrogens with two attached hydrogens (primary N) is 1. The monoisotopic (exact) mass is 377 g/mol. The highest BCUT2D eigenvalue weighted by molar-refractivity contribution is 5.78. The first-order chi connectivity index (χ1) is 13.0. The van der Waals surface area contributed by atoms with E-state index in [1.807, 2.05) is 36.9 Å². The third kappa shape index (κ3) is 5.85. The van der Waals surface area contributed by atoms with E-state index >= 15 is 0 Å². The lowest BCUT2D eigenvalue weighted by molar-refractivity contribution is -0.133. The molecule has 0 bridgehead atoms. The van der Waals surface area contributed by atoms with Gasteiger partial charge < -0.3 is 20.1 Å². The number of likely N-dealkylation sites (tertiary alicyclic amines) is 1. The number of amides is 2. The number of methoxy groups -OCH3 is 1.